The Bertz CT molecular complexity index is 1010. The van der Waals surface area contributed by atoms with Gasteiger partial charge in [0.05, 0.1) is 18.4 Å². The molecule has 3 rings (SSSR count). The fourth-order valence-corrected chi connectivity index (χ4v) is 2.26. The van der Waals surface area contributed by atoms with Crippen LogP contribution in [-0.2, 0) is 0 Å². The molecule has 3 aromatic rings. The average molecular weight is 322 g/mol. The van der Waals surface area contributed by atoms with Gasteiger partial charge in [-0.25, -0.2) is 9.78 Å². The normalized spacial score (nSPS) is 11.0. The maximum absolute atomic E-state index is 12.2. The van der Waals surface area contributed by atoms with Crippen molar-refractivity contribution in [1.29, 1.82) is 0 Å². The van der Waals surface area contributed by atoms with Gasteiger partial charge in [-0.05, 0) is 35.9 Å². The van der Waals surface area contributed by atoms with Gasteiger partial charge in [0.15, 0.2) is 0 Å². The number of carbonyl (C=O) groups is 1. The number of aromatic carboxylic acids is 1. The fraction of sp³-hybridized carbons (Fsp3) is 0.0556. The summed E-state index contributed by atoms with van der Waals surface area (Å²) in [6.45, 7) is 0. The lowest BCUT2D eigenvalue weighted by atomic mass is 10.2. The minimum absolute atomic E-state index is 0.0334. The zero-order valence-electron chi connectivity index (χ0n) is 12.8. The molecule has 0 unspecified atom stereocenters. The summed E-state index contributed by atoms with van der Waals surface area (Å²) in [6, 6.07) is 11.8. The van der Waals surface area contributed by atoms with Crippen LogP contribution in [0.1, 0.15) is 21.6 Å². The summed E-state index contributed by atoms with van der Waals surface area (Å²) >= 11 is 0. The quantitative estimate of drug-likeness (QED) is 0.798. The topological polar surface area (TPSA) is 80.9 Å². The molecule has 2 aromatic heterocycles. The highest BCUT2D eigenvalue weighted by atomic mass is 16.5. The van der Waals surface area contributed by atoms with Gasteiger partial charge in [0.1, 0.15) is 11.4 Å². The van der Waals surface area contributed by atoms with Crippen molar-refractivity contribution in [2.45, 2.75) is 0 Å². The second kappa shape index (κ2) is 6.37. The summed E-state index contributed by atoms with van der Waals surface area (Å²) in [4.78, 5) is 27.5. The van der Waals surface area contributed by atoms with E-state index in [4.69, 9.17) is 9.84 Å². The van der Waals surface area contributed by atoms with E-state index in [1.54, 1.807) is 13.2 Å². The maximum atomic E-state index is 12.2. The molecule has 6 nitrogen and oxygen atoms in total. The van der Waals surface area contributed by atoms with Crippen LogP contribution in [0.5, 0.6) is 5.75 Å². The largest absolute Gasteiger partial charge is 0.497 e. The summed E-state index contributed by atoms with van der Waals surface area (Å²) in [5.74, 6) is -0.351. The van der Waals surface area contributed by atoms with E-state index in [0.717, 1.165) is 11.3 Å². The number of aromatic nitrogens is 2. The van der Waals surface area contributed by atoms with Crippen molar-refractivity contribution < 1.29 is 14.6 Å². The summed E-state index contributed by atoms with van der Waals surface area (Å²) < 4.78 is 6.38. The lowest BCUT2D eigenvalue weighted by Crippen LogP contribution is -2.15. The first kappa shape index (κ1) is 15.5. The molecule has 0 bridgehead atoms. The number of carboxylic acid groups (broad SMARTS) is 1. The van der Waals surface area contributed by atoms with Crippen molar-refractivity contribution in [2.24, 2.45) is 0 Å². The Morgan fingerprint density at radius 2 is 2.04 bits per heavy atom. The van der Waals surface area contributed by atoms with Gasteiger partial charge in [-0.3, -0.25) is 9.20 Å². The molecular weight excluding hydrogens is 308 g/mol. The molecule has 0 amide bonds. The predicted molar refractivity (Wildman–Crippen MR) is 90.3 cm³/mol. The highest BCUT2D eigenvalue weighted by molar-refractivity contribution is 5.87. The zero-order chi connectivity index (χ0) is 17.1. The molecular formula is C18H14N2O4. The van der Waals surface area contributed by atoms with Gasteiger partial charge in [-0.2, -0.15) is 0 Å². The Balaban J connectivity index is 1.98. The van der Waals surface area contributed by atoms with E-state index < -0.39 is 5.97 Å². The van der Waals surface area contributed by atoms with Crippen molar-refractivity contribution in [3.63, 3.8) is 0 Å². The molecule has 0 radical (unpaired) electrons. The van der Waals surface area contributed by atoms with Crippen LogP contribution in [0, 0.1) is 0 Å². The third-order valence-corrected chi connectivity index (χ3v) is 3.47. The molecule has 120 valence electrons. The van der Waals surface area contributed by atoms with Crippen LogP contribution in [0.2, 0.25) is 0 Å². The standard InChI is InChI=1S/C18H14N2O4/c1-24-15-4-2-3-12(9-15)5-7-14-10-17(21)20-11-13(18(22)23)6-8-16(20)19-14/h2-11H,1H3,(H,22,23). The molecule has 0 saturated carbocycles. The number of hydrogen-bond acceptors (Lipinski definition) is 4. The SMILES string of the molecule is COc1cccc(C=Cc2cc(=O)n3cc(C(=O)O)ccc3n2)c1. The predicted octanol–water partition coefficient (Wildman–Crippen LogP) is 2.57. The third-order valence-electron chi connectivity index (χ3n) is 3.47. The number of methoxy groups -OCH3 is 1. The number of fused-ring (bicyclic) bond motifs is 1. The molecule has 0 fully saturated rings. The van der Waals surface area contributed by atoms with Crippen LogP contribution in [0.25, 0.3) is 17.8 Å². The van der Waals surface area contributed by atoms with Gasteiger partial charge < -0.3 is 9.84 Å². The van der Waals surface area contributed by atoms with Crippen molar-refractivity contribution in [3.8, 4) is 5.75 Å². The number of pyridine rings is 1. The Hall–Kier alpha value is -3.41. The summed E-state index contributed by atoms with van der Waals surface area (Å²) in [7, 11) is 1.60. The second-order valence-corrected chi connectivity index (χ2v) is 5.08. The van der Waals surface area contributed by atoms with Gasteiger partial charge in [0, 0.05) is 12.3 Å². The second-order valence-electron chi connectivity index (χ2n) is 5.08. The van der Waals surface area contributed by atoms with Crippen molar-refractivity contribution >= 4 is 23.8 Å². The fourth-order valence-electron chi connectivity index (χ4n) is 2.26. The minimum Gasteiger partial charge on any atom is -0.497 e. The molecule has 24 heavy (non-hydrogen) atoms. The van der Waals surface area contributed by atoms with E-state index in [9.17, 15) is 9.59 Å². The molecule has 2 heterocycles. The molecule has 6 heteroatoms. The van der Waals surface area contributed by atoms with Crippen LogP contribution in [-0.4, -0.2) is 27.6 Å². The first-order chi connectivity index (χ1) is 11.6. The van der Waals surface area contributed by atoms with E-state index in [1.165, 1.54) is 28.8 Å². The van der Waals surface area contributed by atoms with Crippen LogP contribution >= 0.6 is 0 Å². The van der Waals surface area contributed by atoms with Gasteiger partial charge in [0.2, 0.25) is 0 Å². The first-order valence-electron chi connectivity index (χ1n) is 7.16. The van der Waals surface area contributed by atoms with Crippen LogP contribution < -0.4 is 10.3 Å². The van der Waals surface area contributed by atoms with Crippen LogP contribution in [0.15, 0.2) is 53.5 Å². The van der Waals surface area contributed by atoms with Crippen LogP contribution in [0.3, 0.4) is 0 Å². The van der Waals surface area contributed by atoms with E-state index >= 15 is 0 Å². The molecule has 1 N–H and O–H groups in total. The number of hydrogen-bond donors (Lipinski definition) is 1. The lowest BCUT2D eigenvalue weighted by molar-refractivity contribution is 0.0696. The first-order valence-corrected chi connectivity index (χ1v) is 7.16. The van der Waals surface area contributed by atoms with E-state index in [2.05, 4.69) is 4.98 Å². The molecule has 0 saturated heterocycles. The molecule has 1 aromatic carbocycles. The highest BCUT2D eigenvalue weighted by Gasteiger charge is 2.06. The van der Waals surface area contributed by atoms with Gasteiger partial charge in [-0.15, -0.1) is 0 Å². The minimum atomic E-state index is -1.09. The van der Waals surface area contributed by atoms with E-state index in [0.29, 0.717) is 11.3 Å². The smallest absolute Gasteiger partial charge is 0.337 e. The number of carboxylic acids is 1. The number of nitrogens with zero attached hydrogens (tertiary/aromatic N) is 2. The number of rotatable bonds is 4. The molecule has 0 aliphatic rings. The lowest BCUT2D eigenvalue weighted by Gasteiger charge is -2.03. The Morgan fingerprint density at radius 1 is 1.21 bits per heavy atom. The van der Waals surface area contributed by atoms with Crippen molar-refractivity contribution in [2.75, 3.05) is 7.11 Å². The van der Waals surface area contributed by atoms with Gasteiger partial charge in [0.25, 0.3) is 5.56 Å². The van der Waals surface area contributed by atoms with Gasteiger partial charge in [-0.1, -0.05) is 18.2 Å². The van der Waals surface area contributed by atoms with Crippen LogP contribution in [0.4, 0.5) is 0 Å². The molecule has 0 aliphatic heterocycles. The van der Waals surface area contributed by atoms with E-state index in [-0.39, 0.29) is 11.1 Å². The average Bonchev–Trinajstić information content (AvgIpc) is 2.60. The molecule has 0 atom stereocenters. The van der Waals surface area contributed by atoms with Crippen molar-refractivity contribution in [1.82, 2.24) is 9.38 Å². The summed E-state index contributed by atoms with van der Waals surface area (Å²) in [6.07, 6.45) is 4.82. The van der Waals surface area contributed by atoms with Gasteiger partial charge >= 0.3 is 5.97 Å². The summed E-state index contributed by atoms with van der Waals surface area (Å²) in [5.41, 5.74) is 1.49. The Labute approximate surface area is 137 Å². The van der Waals surface area contributed by atoms with Crippen molar-refractivity contribution in [3.05, 3.63) is 75.8 Å². The molecule has 0 aliphatic carbocycles. The summed E-state index contributed by atoms with van der Waals surface area (Å²) in [5, 5.41) is 8.99. The Kier molecular flexibility index (Phi) is 4.11. The number of ether oxygens (including phenoxy) is 1. The third kappa shape index (κ3) is 3.17. The highest BCUT2D eigenvalue weighted by Crippen LogP contribution is 2.14. The van der Waals surface area contributed by atoms with E-state index in [1.807, 2.05) is 30.3 Å². The molecule has 0 spiro atoms. The maximum Gasteiger partial charge on any atom is 0.337 e. The zero-order valence-corrected chi connectivity index (χ0v) is 12.8. The monoisotopic (exact) mass is 322 g/mol. The Morgan fingerprint density at radius 3 is 2.79 bits per heavy atom. The number of benzene rings is 1.